The summed E-state index contributed by atoms with van der Waals surface area (Å²) >= 11 is 0. The fourth-order valence-corrected chi connectivity index (χ4v) is 6.10. The van der Waals surface area contributed by atoms with Crippen molar-refractivity contribution in [2.75, 3.05) is 67.3 Å². The van der Waals surface area contributed by atoms with Gasteiger partial charge in [0, 0.05) is 82.4 Å². The molecule has 0 radical (unpaired) electrons. The second kappa shape index (κ2) is 15.0. The SMILES string of the molecule is CNC(=O)c1ccccc1Nc1cc(Nc2ccc(N3CCN(Cc4cccc(N5CCC(=O)NC5=O)c4)CC3)cc2OC)ncc1C(F)(F)F. The van der Waals surface area contributed by atoms with Crippen LogP contribution in [0, 0.1) is 0 Å². The number of benzene rings is 3. The molecule has 3 aromatic carbocycles. The molecule has 266 valence electrons. The van der Waals surface area contributed by atoms with Gasteiger partial charge in [-0.2, -0.15) is 13.2 Å². The molecule has 2 fully saturated rings. The number of urea groups is 1. The van der Waals surface area contributed by atoms with Crippen LogP contribution in [0.15, 0.2) is 79.0 Å². The van der Waals surface area contributed by atoms with Crippen LogP contribution < -0.4 is 35.8 Å². The maximum atomic E-state index is 14.0. The highest BCUT2D eigenvalue weighted by Gasteiger charge is 2.35. The summed E-state index contributed by atoms with van der Waals surface area (Å²) in [6.07, 6.45) is -3.69. The van der Waals surface area contributed by atoms with Crippen LogP contribution in [0.4, 0.5) is 52.2 Å². The van der Waals surface area contributed by atoms with Gasteiger partial charge in [-0.25, -0.2) is 9.78 Å². The summed E-state index contributed by atoms with van der Waals surface area (Å²) in [7, 11) is 2.96. The Kier molecular flexibility index (Phi) is 10.3. The third-order valence-electron chi connectivity index (χ3n) is 8.75. The second-order valence-corrected chi connectivity index (χ2v) is 12.1. The lowest BCUT2D eigenvalue weighted by Gasteiger charge is -2.36. The number of alkyl halides is 3. The third kappa shape index (κ3) is 8.15. The first-order chi connectivity index (χ1) is 24.5. The summed E-state index contributed by atoms with van der Waals surface area (Å²) in [6.45, 7) is 4.13. The van der Waals surface area contributed by atoms with Gasteiger partial charge in [0.05, 0.1) is 35.3 Å². The van der Waals surface area contributed by atoms with E-state index in [1.54, 1.807) is 23.1 Å². The number of nitrogens with one attached hydrogen (secondary N) is 4. The molecule has 15 heteroatoms. The zero-order valence-electron chi connectivity index (χ0n) is 28.0. The van der Waals surface area contributed by atoms with Crippen molar-refractivity contribution in [2.24, 2.45) is 0 Å². The Bertz CT molecular complexity index is 1930. The Morgan fingerprint density at radius 1 is 0.882 bits per heavy atom. The van der Waals surface area contributed by atoms with Gasteiger partial charge < -0.3 is 25.6 Å². The lowest BCUT2D eigenvalue weighted by molar-refractivity contribution is -0.137. The van der Waals surface area contributed by atoms with E-state index in [9.17, 15) is 27.6 Å². The lowest BCUT2D eigenvalue weighted by Crippen LogP contribution is -2.49. The van der Waals surface area contributed by atoms with E-state index < -0.39 is 23.7 Å². The molecule has 0 atom stereocenters. The molecule has 0 aliphatic carbocycles. The molecule has 4 amide bonds. The smallest absolute Gasteiger partial charge is 0.419 e. The number of pyridine rings is 1. The number of hydrogen-bond acceptors (Lipinski definition) is 9. The molecule has 1 aromatic heterocycles. The molecule has 0 bridgehead atoms. The summed E-state index contributed by atoms with van der Waals surface area (Å²) in [5.74, 6) is -0.0898. The lowest BCUT2D eigenvalue weighted by atomic mass is 10.1. The van der Waals surface area contributed by atoms with Crippen LogP contribution in [0.3, 0.4) is 0 Å². The number of methoxy groups -OCH3 is 1. The van der Waals surface area contributed by atoms with Gasteiger partial charge in [-0.05, 0) is 42.0 Å². The average Bonchev–Trinajstić information content (AvgIpc) is 3.12. The van der Waals surface area contributed by atoms with Gasteiger partial charge in [0.25, 0.3) is 5.91 Å². The van der Waals surface area contributed by atoms with Crippen molar-refractivity contribution >= 4 is 52.1 Å². The van der Waals surface area contributed by atoms with E-state index in [4.69, 9.17) is 4.74 Å². The Morgan fingerprint density at radius 3 is 2.39 bits per heavy atom. The van der Waals surface area contributed by atoms with Gasteiger partial charge in [0.15, 0.2) is 0 Å². The number of anilines is 6. The first-order valence-corrected chi connectivity index (χ1v) is 16.3. The van der Waals surface area contributed by atoms with Crippen molar-refractivity contribution < 1.29 is 32.3 Å². The van der Waals surface area contributed by atoms with Crippen LogP contribution in [0.1, 0.15) is 27.9 Å². The van der Waals surface area contributed by atoms with Crippen molar-refractivity contribution in [1.29, 1.82) is 0 Å². The maximum Gasteiger partial charge on any atom is 0.419 e. The summed E-state index contributed by atoms with van der Waals surface area (Å²) in [4.78, 5) is 46.4. The average molecular weight is 703 g/mol. The normalized spacial score (nSPS) is 15.3. The van der Waals surface area contributed by atoms with E-state index in [0.717, 1.165) is 49.3 Å². The predicted octanol–water partition coefficient (Wildman–Crippen LogP) is 5.72. The number of piperazine rings is 1. The summed E-state index contributed by atoms with van der Waals surface area (Å²) in [6, 6.07) is 20.5. The number of imide groups is 1. The molecular formula is C36H37F3N8O4. The molecule has 2 aliphatic rings. The van der Waals surface area contributed by atoms with Crippen LogP contribution in [-0.2, 0) is 17.5 Å². The Hall–Kier alpha value is -5.83. The third-order valence-corrected chi connectivity index (χ3v) is 8.75. The molecule has 0 saturated carbocycles. The number of halogens is 3. The first-order valence-electron chi connectivity index (χ1n) is 16.3. The van der Waals surface area contributed by atoms with E-state index in [1.807, 2.05) is 36.4 Å². The van der Waals surface area contributed by atoms with Crippen molar-refractivity contribution in [2.45, 2.75) is 19.1 Å². The number of ether oxygens (including phenoxy) is 1. The van der Waals surface area contributed by atoms with Crippen molar-refractivity contribution in [1.82, 2.24) is 20.5 Å². The van der Waals surface area contributed by atoms with Crippen LogP contribution >= 0.6 is 0 Å². The van der Waals surface area contributed by atoms with Gasteiger partial charge >= 0.3 is 12.2 Å². The number of amides is 4. The van der Waals surface area contributed by atoms with Crippen LogP contribution in [0.25, 0.3) is 0 Å². The number of aromatic nitrogens is 1. The molecule has 3 heterocycles. The fourth-order valence-electron chi connectivity index (χ4n) is 6.10. The summed E-state index contributed by atoms with van der Waals surface area (Å²) < 4.78 is 47.6. The molecule has 0 unspecified atom stereocenters. The fraction of sp³-hybridized carbons (Fsp3) is 0.278. The highest BCUT2D eigenvalue weighted by molar-refractivity contribution is 6.05. The molecule has 0 spiro atoms. The largest absolute Gasteiger partial charge is 0.494 e. The highest BCUT2D eigenvalue weighted by Crippen LogP contribution is 2.39. The standard InChI is InChI=1S/C36H37F3N8O4/c1-40-34(49)26-8-3-4-9-28(26)42-30-20-32(41-21-27(30)36(37,38)39)43-29-11-10-24(19-31(29)51-2)46-16-14-45(15-17-46)22-23-6-5-7-25(18-23)47-13-12-33(48)44-35(47)50/h3-11,18-21H,12-17,22H2,1-2H3,(H,40,49)(H2,41,42,43)(H,44,48,50). The number of hydrogen-bond donors (Lipinski definition) is 4. The zero-order chi connectivity index (χ0) is 36.1. The number of nitrogens with zero attached hydrogens (tertiary/aromatic N) is 4. The van der Waals surface area contributed by atoms with E-state index in [1.165, 1.54) is 32.4 Å². The van der Waals surface area contributed by atoms with E-state index in [-0.39, 0.29) is 35.1 Å². The summed E-state index contributed by atoms with van der Waals surface area (Å²) in [5.41, 5.74) is 2.39. The molecule has 2 saturated heterocycles. The second-order valence-electron chi connectivity index (χ2n) is 12.1. The molecule has 6 rings (SSSR count). The Morgan fingerprint density at radius 2 is 1.67 bits per heavy atom. The van der Waals surface area contributed by atoms with Crippen LogP contribution in [0.2, 0.25) is 0 Å². The predicted molar refractivity (Wildman–Crippen MR) is 188 cm³/mol. The number of carbonyl (C=O) groups excluding carboxylic acids is 3. The number of carbonyl (C=O) groups is 3. The molecule has 4 N–H and O–H groups in total. The molecule has 12 nitrogen and oxygen atoms in total. The van der Waals surface area contributed by atoms with Gasteiger partial charge in [-0.15, -0.1) is 0 Å². The van der Waals surface area contributed by atoms with E-state index in [0.29, 0.717) is 24.5 Å². The molecule has 4 aromatic rings. The van der Waals surface area contributed by atoms with Gasteiger partial charge in [-0.3, -0.25) is 24.7 Å². The van der Waals surface area contributed by atoms with Crippen molar-refractivity contribution in [3.05, 3.63) is 95.7 Å². The van der Waals surface area contributed by atoms with Gasteiger partial charge in [0.2, 0.25) is 5.91 Å². The maximum absolute atomic E-state index is 14.0. The minimum Gasteiger partial charge on any atom is -0.494 e. The quantitative estimate of drug-likeness (QED) is 0.164. The minimum atomic E-state index is -4.70. The van der Waals surface area contributed by atoms with Crippen LogP contribution in [0.5, 0.6) is 5.75 Å². The van der Waals surface area contributed by atoms with Gasteiger partial charge in [0.1, 0.15) is 11.6 Å². The molecule has 2 aliphatic heterocycles. The number of para-hydroxylation sites is 1. The highest BCUT2D eigenvalue weighted by atomic mass is 19.4. The Labute approximate surface area is 292 Å². The first kappa shape index (κ1) is 35.0. The van der Waals surface area contributed by atoms with Gasteiger partial charge in [-0.1, -0.05) is 24.3 Å². The molecular weight excluding hydrogens is 665 g/mol. The molecule has 51 heavy (non-hydrogen) atoms. The van der Waals surface area contributed by atoms with E-state index in [2.05, 4.69) is 36.1 Å². The van der Waals surface area contributed by atoms with Crippen LogP contribution in [-0.4, -0.2) is 74.6 Å². The number of rotatable bonds is 10. The van der Waals surface area contributed by atoms with E-state index >= 15 is 0 Å². The topological polar surface area (TPSA) is 131 Å². The van der Waals surface area contributed by atoms with Crippen molar-refractivity contribution in [3.8, 4) is 5.75 Å². The Balaban J connectivity index is 1.12. The van der Waals surface area contributed by atoms with Crippen molar-refractivity contribution in [3.63, 3.8) is 0 Å². The monoisotopic (exact) mass is 702 g/mol. The minimum absolute atomic E-state index is 0.140. The zero-order valence-corrected chi connectivity index (χ0v) is 28.0. The summed E-state index contributed by atoms with van der Waals surface area (Å²) in [5, 5.41) is 10.7.